The summed E-state index contributed by atoms with van der Waals surface area (Å²) in [7, 11) is 0. The molecule has 1 aromatic carbocycles. The third kappa shape index (κ3) is 4.34. The van der Waals surface area contributed by atoms with E-state index in [9.17, 15) is 4.79 Å². The maximum Gasteiger partial charge on any atom is 0.228 e. The predicted octanol–water partition coefficient (Wildman–Crippen LogP) is 3.81. The minimum absolute atomic E-state index is 0.0137. The number of aromatic nitrogens is 1. The van der Waals surface area contributed by atoms with Crippen molar-refractivity contribution in [3.63, 3.8) is 0 Å². The summed E-state index contributed by atoms with van der Waals surface area (Å²) in [6.07, 6.45) is 4.61. The van der Waals surface area contributed by atoms with E-state index in [4.69, 9.17) is 0 Å². The van der Waals surface area contributed by atoms with Gasteiger partial charge in [-0.2, -0.15) is 0 Å². The lowest BCUT2D eigenvalue weighted by atomic mass is 9.99. The van der Waals surface area contributed by atoms with Gasteiger partial charge < -0.3 is 10.2 Å². The first kappa shape index (κ1) is 16.5. The number of anilines is 2. The lowest BCUT2D eigenvalue weighted by molar-refractivity contribution is -0.115. The highest BCUT2D eigenvalue weighted by Gasteiger charge is 2.15. The van der Waals surface area contributed by atoms with Crippen LogP contribution >= 0.6 is 0 Å². The molecule has 0 unspecified atom stereocenters. The quantitative estimate of drug-likeness (QED) is 0.930. The van der Waals surface area contributed by atoms with Gasteiger partial charge in [0, 0.05) is 36.4 Å². The van der Waals surface area contributed by atoms with Gasteiger partial charge in [0.15, 0.2) is 0 Å². The van der Waals surface area contributed by atoms with Crippen LogP contribution in [0.15, 0.2) is 42.6 Å². The second-order valence-corrected chi connectivity index (χ2v) is 6.75. The molecule has 1 amide bonds. The number of pyridine rings is 1. The summed E-state index contributed by atoms with van der Waals surface area (Å²) in [4.78, 5) is 18.8. The number of benzene rings is 1. The molecule has 126 valence electrons. The Hall–Kier alpha value is -2.36. The number of amides is 1. The van der Waals surface area contributed by atoms with Gasteiger partial charge in [-0.25, -0.2) is 0 Å². The molecule has 0 radical (unpaired) electrons. The minimum Gasteiger partial charge on any atom is -0.372 e. The van der Waals surface area contributed by atoms with Crippen molar-refractivity contribution in [3.05, 3.63) is 53.9 Å². The van der Waals surface area contributed by atoms with Gasteiger partial charge in [-0.3, -0.25) is 9.78 Å². The number of piperidine rings is 1. The Morgan fingerprint density at radius 3 is 2.50 bits per heavy atom. The van der Waals surface area contributed by atoms with Gasteiger partial charge >= 0.3 is 0 Å². The van der Waals surface area contributed by atoms with Gasteiger partial charge in [-0.1, -0.05) is 13.0 Å². The van der Waals surface area contributed by atoms with Crippen LogP contribution in [0.5, 0.6) is 0 Å². The highest BCUT2D eigenvalue weighted by atomic mass is 16.1. The van der Waals surface area contributed by atoms with Gasteiger partial charge in [-0.05, 0) is 61.6 Å². The van der Waals surface area contributed by atoms with Crippen molar-refractivity contribution < 1.29 is 4.79 Å². The summed E-state index contributed by atoms with van der Waals surface area (Å²) < 4.78 is 0. The van der Waals surface area contributed by atoms with Crippen molar-refractivity contribution in [1.82, 2.24) is 4.98 Å². The molecule has 1 aliphatic rings. The highest BCUT2D eigenvalue weighted by Crippen LogP contribution is 2.24. The summed E-state index contributed by atoms with van der Waals surface area (Å²) >= 11 is 0. The zero-order valence-electron chi connectivity index (χ0n) is 14.5. The number of aryl methyl sites for hydroxylation is 1. The Bertz CT molecular complexity index is 671. The molecular formula is C20H25N3O. The van der Waals surface area contributed by atoms with Gasteiger partial charge in [0.2, 0.25) is 5.91 Å². The SMILES string of the molecule is Cc1ccc(CC(=O)Nc2ccc(N3CCC(C)CC3)cc2)cn1. The van der Waals surface area contributed by atoms with Crippen molar-refractivity contribution in [2.45, 2.75) is 33.1 Å². The first-order chi connectivity index (χ1) is 11.6. The van der Waals surface area contributed by atoms with Gasteiger partial charge in [0.25, 0.3) is 0 Å². The second kappa shape index (κ2) is 7.47. The largest absolute Gasteiger partial charge is 0.372 e. The summed E-state index contributed by atoms with van der Waals surface area (Å²) in [5, 5.41) is 2.96. The number of carbonyl (C=O) groups is 1. The summed E-state index contributed by atoms with van der Waals surface area (Å²) in [5.74, 6) is 0.816. The molecule has 0 atom stereocenters. The highest BCUT2D eigenvalue weighted by molar-refractivity contribution is 5.92. The monoisotopic (exact) mass is 323 g/mol. The first-order valence-electron chi connectivity index (χ1n) is 8.66. The molecule has 3 rings (SSSR count). The van der Waals surface area contributed by atoms with Crippen LogP contribution in [0.4, 0.5) is 11.4 Å². The molecule has 0 bridgehead atoms. The molecule has 4 heteroatoms. The van der Waals surface area contributed by atoms with Crippen molar-refractivity contribution in [2.75, 3.05) is 23.3 Å². The normalized spacial score (nSPS) is 15.3. The van der Waals surface area contributed by atoms with E-state index in [1.165, 1.54) is 18.5 Å². The molecule has 1 saturated heterocycles. The lowest BCUT2D eigenvalue weighted by Gasteiger charge is -2.32. The van der Waals surface area contributed by atoms with Crippen LogP contribution in [0.25, 0.3) is 0 Å². The van der Waals surface area contributed by atoms with E-state index in [1.807, 2.05) is 31.2 Å². The maximum atomic E-state index is 12.1. The molecule has 1 fully saturated rings. The summed E-state index contributed by atoms with van der Waals surface area (Å²) in [6, 6.07) is 12.0. The number of hydrogen-bond acceptors (Lipinski definition) is 3. The smallest absolute Gasteiger partial charge is 0.228 e. The number of rotatable bonds is 4. The van der Waals surface area contributed by atoms with E-state index in [0.717, 1.165) is 36.0 Å². The van der Waals surface area contributed by atoms with Crippen LogP contribution < -0.4 is 10.2 Å². The van der Waals surface area contributed by atoms with E-state index < -0.39 is 0 Å². The third-order valence-corrected chi connectivity index (χ3v) is 4.64. The van der Waals surface area contributed by atoms with Crippen molar-refractivity contribution >= 4 is 17.3 Å². The number of carbonyl (C=O) groups excluding carboxylic acids is 1. The summed E-state index contributed by atoms with van der Waals surface area (Å²) in [5.41, 5.74) is 3.97. The standard InChI is InChI=1S/C20H25N3O/c1-15-9-11-23(12-10-15)19-7-5-18(6-8-19)22-20(24)13-17-4-3-16(2)21-14-17/h3-8,14-15H,9-13H2,1-2H3,(H,22,24). The van der Waals surface area contributed by atoms with Crippen LogP contribution in [-0.2, 0) is 11.2 Å². The summed E-state index contributed by atoms with van der Waals surface area (Å²) in [6.45, 7) is 6.49. The topological polar surface area (TPSA) is 45.2 Å². The Balaban J connectivity index is 1.55. The van der Waals surface area contributed by atoms with Crippen molar-refractivity contribution in [1.29, 1.82) is 0 Å². The Kier molecular flexibility index (Phi) is 5.14. The molecule has 2 heterocycles. The fourth-order valence-corrected chi connectivity index (χ4v) is 3.02. The van der Waals surface area contributed by atoms with Crippen LogP contribution in [0.3, 0.4) is 0 Å². The Labute approximate surface area is 143 Å². The van der Waals surface area contributed by atoms with Crippen LogP contribution in [0.2, 0.25) is 0 Å². The molecule has 1 aromatic heterocycles. The molecule has 1 N–H and O–H groups in total. The molecule has 0 spiro atoms. The average molecular weight is 323 g/mol. The zero-order chi connectivity index (χ0) is 16.9. The molecule has 0 aliphatic carbocycles. The zero-order valence-corrected chi connectivity index (χ0v) is 14.5. The fraction of sp³-hybridized carbons (Fsp3) is 0.400. The third-order valence-electron chi connectivity index (χ3n) is 4.64. The Morgan fingerprint density at radius 2 is 1.88 bits per heavy atom. The molecule has 4 nitrogen and oxygen atoms in total. The number of nitrogens with one attached hydrogen (secondary N) is 1. The second-order valence-electron chi connectivity index (χ2n) is 6.75. The molecule has 1 aliphatic heterocycles. The number of hydrogen-bond donors (Lipinski definition) is 1. The minimum atomic E-state index is -0.0137. The van der Waals surface area contributed by atoms with Crippen molar-refractivity contribution in [3.8, 4) is 0 Å². The molecule has 2 aromatic rings. The van der Waals surface area contributed by atoms with E-state index in [-0.39, 0.29) is 5.91 Å². The lowest BCUT2D eigenvalue weighted by Crippen LogP contribution is -2.32. The van der Waals surface area contributed by atoms with Crippen LogP contribution in [-0.4, -0.2) is 24.0 Å². The number of nitrogens with zero attached hydrogens (tertiary/aromatic N) is 2. The molecule has 0 saturated carbocycles. The van der Waals surface area contributed by atoms with Crippen molar-refractivity contribution in [2.24, 2.45) is 5.92 Å². The fourth-order valence-electron chi connectivity index (χ4n) is 3.02. The van der Waals surface area contributed by atoms with E-state index >= 15 is 0 Å². The van der Waals surface area contributed by atoms with E-state index in [2.05, 4.69) is 34.3 Å². The van der Waals surface area contributed by atoms with Gasteiger partial charge in [-0.15, -0.1) is 0 Å². The van der Waals surface area contributed by atoms with Gasteiger partial charge in [0.05, 0.1) is 6.42 Å². The Morgan fingerprint density at radius 1 is 1.17 bits per heavy atom. The van der Waals surface area contributed by atoms with Crippen LogP contribution in [0.1, 0.15) is 31.0 Å². The first-order valence-corrected chi connectivity index (χ1v) is 8.66. The molecular weight excluding hydrogens is 298 g/mol. The van der Waals surface area contributed by atoms with E-state index in [1.54, 1.807) is 6.20 Å². The molecule has 24 heavy (non-hydrogen) atoms. The maximum absolute atomic E-state index is 12.1. The average Bonchev–Trinajstić information content (AvgIpc) is 2.58. The van der Waals surface area contributed by atoms with E-state index in [0.29, 0.717) is 6.42 Å². The van der Waals surface area contributed by atoms with Crippen LogP contribution in [0, 0.1) is 12.8 Å². The van der Waals surface area contributed by atoms with Gasteiger partial charge in [0.1, 0.15) is 0 Å². The predicted molar refractivity (Wildman–Crippen MR) is 98.4 cm³/mol.